The minimum Gasteiger partial charge on any atom is -0.212 e. The molecule has 0 atom stereocenters. The smallest absolute Gasteiger partial charge is 0.212 e. The third kappa shape index (κ3) is 2.69. The number of nitrogens with one attached hydrogen (secondary N) is 1. The van der Waals surface area contributed by atoms with E-state index in [1.165, 1.54) is 6.07 Å². The second kappa shape index (κ2) is 5.00. The number of aromatic amines is 1. The number of rotatable bonds is 2. The number of hydrogen-bond acceptors (Lipinski definition) is 3. The SMILES string of the molecule is Cc1noc(-c2cc(-c3ccccc3)c(C(F)(F)F)s2)[nH+]1. The molecular formula is C14H10F3N2OS+. The summed E-state index contributed by atoms with van der Waals surface area (Å²) in [5.41, 5.74) is 0.661. The van der Waals surface area contributed by atoms with Gasteiger partial charge in [-0.2, -0.15) is 13.2 Å². The number of aromatic nitrogens is 2. The number of nitrogens with zero attached hydrogens (tertiary/aromatic N) is 1. The van der Waals surface area contributed by atoms with Crippen molar-refractivity contribution in [3.63, 3.8) is 0 Å². The fourth-order valence-electron chi connectivity index (χ4n) is 1.98. The van der Waals surface area contributed by atoms with Crippen LogP contribution in [-0.4, -0.2) is 5.16 Å². The molecule has 2 aromatic heterocycles. The Kier molecular flexibility index (Phi) is 3.29. The molecule has 0 bridgehead atoms. The molecule has 7 heteroatoms. The maximum absolute atomic E-state index is 13.2. The predicted molar refractivity (Wildman–Crippen MR) is 71.5 cm³/mol. The van der Waals surface area contributed by atoms with E-state index >= 15 is 0 Å². The number of H-pyrrole nitrogens is 1. The molecule has 108 valence electrons. The third-order valence-corrected chi connectivity index (χ3v) is 4.05. The molecule has 0 spiro atoms. The van der Waals surface area contributed by atoms with E-state index in [1.54, 1.807) is 37.3 Å². The van der Waals surface area contributed by atoms with Crippen molar-refractivity contribution < 1.29 is 22.7 Å². The van der Waals surface area contributed by atoms with E-state index in [0.29, 0.717) is 27.6 Å². The van der Waals surface area contributed by atoms with Crippen molar-refractivity contribution in [2.75, 3.05) is 0 Å². The molecule has 2 heterocycles. The highest BCUT2D eigenvalue weighted by atomic mass is 32.1. The van der Waals surface area contributed by atoms with E-state index in [0.717, 1.165) is 0 Å². The molecule has 0 amide bonds. The van der Waals surface area contributed by atoms with Gasteiger partial charge in [-0.25, -0.2) is 9.51 Å². The lowest BCUT2D eigenvalue weighted by Crippen LogP contribution is -2.04. The van der Waals surface area contributed by atoms with Crippen LogP contribution in [0.3, 0.4) is 0 Å². The van der Waals surface area contributed by atoms with E-state index in [1.807, 2.05) is 0 Å². The van der Waals surface area contributed by atoms with Crippen molar-refractivity contribution in [2.24, 2.45) is 0 Å². The Morgan fingerprint density at radius 1 is 1.19 bits per heavy atom. The molecule has 0 radical (unpaired) electrons. The van der Waals surface area contributed by atoms with Crippen LogP contribution in [0.2, 0.25) is 0 Å². The molecule has 3 nitrogen and oxygen atoms in total. The van der Waals surface area contributed by atoms with E-state index in [2.05, 4.69) is 10.1 Å². The number of alkyl halides is 3. The zero-order chi connectivity index (χ0) is 15.0. The van der Waals surface area contributed by atoms with Crippen LogP contribution in [-0.2, 0) is 6.18 Å². The first-order valence-corrected chi connectivity index (χ1v) is 6.89. The molecule has 3 aromatic rings. The molecule has 1 aromatic carbocycles. The minimum absolute atomic E-state index is 0.144. The summed E-state index contributed by atoms with van der Waals surface area (Å²) in [4.78, 5) is 2.52. The number of thiophene rings is 1. The lowest BCUT2D eigenvalue weighted by atomic mass is 10.1. The Bertz CT molecular complexity index is 762. The Balaban J connectivity index is 2.17. The van der Waals surface area contributed by atoms with E-state index < -0.39 is 11.1 Å². The zero-order valence-electron chi connectivity index (χ0n) is 10.9. The maximum Gasteiger partial charge on any atom is 0.426 e. The maximum atomic E-state index is 13.2. The molecule has 21 heavy (non-hydrogen) atoms. The number of halogens is 3. The van der Waals surface area contributed by atoms with Crippen LogP contribution in [0.15, 0.2) is 40.9 Å². The molecule has 1 N–H and O–H groups in total. The van der Waals surface area contributed by atoms with Gasteiger partial charge < -0.3 is 0 Å². The quantitative estimate of drug-likeness (QED) is 0.711. The van der Waals surface area contributed by atoms with E-state index in [4.69, 9.17) is 4.52 Å². The van der Waals surface area contributed by atoms with Crippen LogP contribution in [0.4, 0.5) is 13.2 Å². The summed E-state index contributed by atoms with van der Waals surface area (Å²) < 4.78 is 44.7. The van der Waals surface area contributed by atoms with Crippen molar-refractivity contribution in [3.8, 4) is 21.9 Å². The summed E-state index contributed by atoms with van der Waals surface area (Å²) in [6.07, 6.45) is -4.41. The fourth-order valence-corrected chi connectivity index (χ4v) is 2.96. The Morgan fingerprint density at radius 2 is 1.90 bits per heavy atom. The van der Waals surface area contributed by atoms with Gasteiger partial charge in [0.05, 0.1) is 0 Å². The summed E-state index contributed by atoms with van der Waals surface area (Å²) in [6, 6.07) is 9.94. The summed E-state index contributed by atoms with van der Waals surface area (Å²) in [5, 5.41) is 3.66. The van der Waals surface area contributed by atoms with E-state index in [-0.39, 0.29) is 11.5 Å². The monoisotopic (exact) mass is 311 g/mol. The Labute approximate surface area is 122 Å². The first-order valence-electron chi connectivity index (χ1n) is 6.07. The molecular weight excluding hydrogens is 301 g/mol. The average molecular weight is 311 g/mol. The van der Waals surface area contributed by atoms with Gasteiger partial charge in [-0.05, 0) is 11.6 Å². The van der Waals surface area contributed by atoms with Crippen molar-refractivity contribution in [2.45, 2.75) is 13.1 Å². The molecule has 0 aliphatic heterocycles. The summed E-state index contributed by atoms with van der Waals surface area (Å²) in [7, 11) is 0. The van der Waals surface area contributed by atoms with Crippen molar-refractivity contribution in [3.05, 3.63) is 47.1 Å². The minimum atomic E-state index is -4.41. The first kappa shape index (κ1) is 13.8. The third-order valence-electron chi connectivity index (χ3n) is 2.87. The molecule has 0 aliphatic carbocycles. The van der Waals surface area contributed by atoms with Crippen LogP contribution >= 0.6 is 11.3 Å². The fraction of sp³-hybridized carbons (Fsp3) is 0.143. The second-order valence-corrected chi connectivity index (χ2v) is 5.49. The standard InChI is InChI=1S/C14H9F3N2OS/c1-8-18-13(20-19-8)11-7-10(9-5-3-2-4-6-9)12(21-11)14(15,16)17/h2-7H,1H3/p+1. The summed E-state index contributed by atoms with van der Waals surface area (Å²) in [5.74, 6) is 0.735. The van der Waals surface area contributed by atoms with Gasteiger partial charge in [-0.15, -0.1) is 11.3 Å². The first-order chi connectivity index (χ1) is 9.95. The Morgan fingerprint density at radius 3 is 2.48 bits per heavy atom. The van der Waals surface area contributed by atoms with Gasteiger partial charge in [-0.3, -0.25) is 0 Å². The lowest BCUT2D eigenvalue weighted by molar-refractivity contribution is -0.378. The summed E-state index contributed by atoms with van der Waals surface area (Å²) in [6.45, 7) is 1.67. The van der Waals surface area contributed by atoms with Gasteiger partial charge in [0.2, 0.25) is 0 Å². The predicted octanol–water partition coefficient (Wildman–Crippen LogP) is 4.21. The highest BCUT2D eigenvalue weighted by Gasteiger charge is 2.37. The van der Waals surface area contributed by atoms with Crippen LogP contribution in [0, 0.1) is 6.92 Å². The highest BCUT2D eigenvalue weighted by Crippen LogP contribution is 2.44. The molecule has 0 aliphatic rings. The lowest BCUT2D eigenvalue weighted by Gasteiger charge is -2.07. The van der Waals surface area contributed by atoms with Crippen LogP contribution < -0.4 is 4.98 Å². The number of aryl methyl sites for hydroxylation is 1. The largest absolute Gasteiger partial charge is 0.426 e. The van der Waals surface area contributed by atoms with Crippen molar-refractivity contribution in [1.29, 1.82) is 0 Å². The average Bonchev–Trinajstić information content (AvgIpc) is 3.05. The van der Waals surface area contributed by atoms with Crippen molar-refractivity contribution >= 4 is 11.3 Å². The van der Waals surface area contributed by atoms with E-state index in [9.17, 15) is 13.2 Å². The molecule has 0 unspecified atom stereocenters. The topological polar surface area (TPSA) is 40.2 Å². The van der Waals surface area contributed by atoms with Crippen LogP contribution in [0.1, 0.15) is 10.7 Å². The van der Waals surface area contributed by atoms with Gasteiger partial charge in [0.25, 0.3) is 0 Å². The summed E-state index contributed by atoms with van der Waals surface area (Å²) >= 11 is 0.638. The Hall–Kier alpha value is -2.15. The van der Waals surface area contributed by atoms with Gasteiger partial charge >= 0.3 is 17.9 Å². The second-order valence-electron chi connectivity index (χ2n) is 4.44. The molecule has 0 saturated carbocycles. The molecule has 0 saturated heterocycles. The number of benzene rings is 1. The van der Waals surface area contributed by atoms with Crippen LogP contribution in [0.5, 0.6) is 0 Å². The zero-order valence-corrected chi connectivity index (χ0v) is 11.7. The number of hydrogen-bond donors (Lipinski definition) is 0. The van der Waals surface area contributed by atoms with Gasteiger partial charge in [0, 0.05) is 12.5 Å². The molecule has 3 rings (SSSR count). The van der Waals surface area contributed by atoms with Gasteiger partial charge in [0.15, 0.2) is 5.16 Å². The normalized spacial score (nSPS) is 11.8. The highest BCUT2D eigenvalue weighted by molar-refractivity contribution is 7.16. The molecule has 0 fully saturated rings. The van der Waals surface area contributed by atoms with Gasteiger partial charge in [0.1, 0.15) is 9.75 Å². The van der Waals surface area contributed by atoms with Crippen LogP contribution in [0.25, 0.3) is 21.9 Å². The van der Waals surface area contributed by atoms with Crippen molar-refractivity contribution in [1.82, 2.24) is 5.16 Å². The van der Waals surface area contributed by atoms with Gasteiger partial charge in [-0.1, -0.05) is 30.3 Å².